The van der Waals surface area contributed by atoms with Crippen LogP contribution in [-0.2, 0) is 4.79 Å². The van der Waals surface area contributed by atoms with Crippen molar-refractivity contribution in [3.8, 4) is 0 Å². The van der Waals surface area contributed by atoms with Crippen LogP contribution in [0.15, 0.2) is 47.4 Å². The quantitative estimate of drug-likeness (QED) is 0.687. The maximum atomic E-state index is 12.3. The van der Waals surface area contributed by atoms with Crippen LogP contribution >= 0.6 is 11.8 Å². The number of aryl methyl sites for hydroxylation is 3. The lowest BCUT2D eigenvalue weighted by molar-refractivity contribution is -0.121. The third kappa shape index (κ3) is 5.41. The van der Waals surface area contributed by atoms with Crippen LogP contribution in [0.2, 0.25) is 0 Å². The molecule has 2 aromatic rings. The van der Waals surface area contributed by atoms with Gasteiger partial charge in [0, 0.05) is 17.1 Å². The van der Waals surface area contributed by atoms with Crippen molar-refractivity contribution in [1.82, 2.24) is 5.32 Å². The Morgan fingerprint density at radius 3 is 2.38 bits per heavy atom. The predicted octanol–water partition coefficient (Wildman–Crippen LogP) is 5.36. The third-order valence-corrected chi connectivity index (χ3v) is 5.31. The molecule has 0 aromatic heterocycles. The molecule has 0 unspecified atom stereocenters. The summed E-state index contributed by atoms with van der Waals surface area (Å²) in [6.45, 7) is 8.42. The van der Waals surface area contributed by atoms with Gasteiger partial charge in [0.05, 0.1) is 6.04 Å². The van der Waals surface area contributed by atoms with Crippen LogP contribution in [0.5, 0.6) is 0 Å². The third-order valence-electron chi connectivity index (χ3n) is 4.30. The van der Waals surface area contributed by atoms with Gasteiger partial charge in [0.15, 0.2) is 0 Å². The molecular formula is C21H27NOS. The molecule has 0 saturated heterocycles. The van der Waals surface area contributed by atoms with Crippen LogP contribution in [0.3, 0.4) is 0 Å². The van der Waals surface area contributed by atoms with Crippen molar-refractivity contribution in [3.05, 3.63) is 64.7 Å². The fraction of sp³-hybridized carbons (Fsp3) is 0.381. The van der Waals surface area contributed by atoms with Gasteiger partial charge in [-0.3, -0.25) is 4.79 Å². The molecule has 128 valence electrons. The number of carbonyl (C=O) groups excluding carboxylic acids is 1. The lowest BCUT2D eigenvalue weighted by Crippen LogP contribution is -2.28. The second-order valence-electron chi connectivity index (χ2n) is 6.28. The minimum absolute atomic E-state index is 0.0983. The molecule has 0 heterocycles. The molecule has 0 saturated carbocycles. The molecule has 0 bridgehead atoms. The van der Waals surface area contributed by atoms with E-state index >= 15 is 0 Å². The Kier molecular flexibility index (Phi) is 6.92. The van der Waals surface area contributed by atoms with E-state index in [-0.39, 0.29) is 11.9 Å². The van der Waals surface area contributed by atoms with E-state index in [1.54, 1.807) is 11.8 Å². The van der Waals surface area contributed by atoms with E-state index in [1.165, 1.54) is 27.1 Å². The molecule has 1 amide bonds. The van der Waals surface area contributed by atoms with Gasteiger partial charge in [-0.2, -0.15) is 0 Å². The molecular weight excluding hydrogens is 314 g/mol. The SMILES string of the molecule is CC[C@@H](NC(=O)CCSc1ccc(C)cc1)c1ccc(C)c(C)c1. The van der Waals surface area contributed by atoms with Gasteiger partial charge >= 0.3 is 0 Å². The highest BCUT2D eigenvalue weighted by molar-refractivity contribution is 7.99. The number of thioether (sulfide) groups is 1. The van der Waals surface area contributed by atoms with Crippen molar-refractivity contribution < 1.29 is 4.79 Å². The van der Waals surface area contributed by atoms with Crippen molar-refractivity contribution >= 4 is 17.7 Å². The Bertz CT molecular complexity index is 679. The smallest absolute Gasteiger partial charge is 0.221 e. The lowest BCUT2D eigenvalue weighted by atomic mass is 9.99. The first kappa shape index (κ1) is 18.6. The Morgan fingerprint density at radius 2 is 1.75 bits per heavy atom. The Morgan fingerprint density at radius 1 is 1.04 bits per heavy atom. The van der Waals surface area contributed by atoms with Gasteiger partial charge in [0.25, 0.3) is 0 Å². The van der Waals surface area contributed by atoms with Crippen LogP contribution < -0.4 is 5.32 Å². The summed E-state index contributed by atoms with van der Waals surface area (Å²) < 4.78 is 0. The maximum absolute atomic E-state index is 12.3. The van der Waals surface area contributed by atoms with Gasteiger partial charge in [0.2, 0.25) is 5.91 Å². The normalized spacial score (nSPS) is 12.0. The molecule has 0 aliphatic heterocycles. The summed E-state index contributed by atoms with van der Waals surface area (Å²) in [4.78, 5) is 13.5. The van der Waals surface area contributed by atoms with Crippen LogP contribution in [0.1, 0.15) is 48.1 Å². The average molecular weight is 342 g/mol. The maximum Gasteiger partial charge on any atom is 0.221 e. The first-order valence-electron chi connectivity index (χ1n) is 8.55. The molecule has 0 aliphatic carbocycles. The Labute approximate surface area is 150 Å². The zero-order valence-electron chi connectivity index (χ0n) is 15.1. The fourth-order valence-electron chi connectivity index (χ4n) is 2.57. The molecule has 24 heavy (non-hydrogen) atoms. The second-order valence-corrected chi connectivity index (χ2v) is 7.45. The van der Waals surface area contributed by atoms with Gasteiger partial charge in [0.1, 0.15) is 0 Å². The van der Waals surface area contributed by atoms with Crippen LogP contribution in [0.4, 0.5) is 0 Å². The molecule has 0 radical (unpaired) electrons. The van der Waals surface area contributed by atoms with E-state index in [4.69, 9.17) is 0 Å². The van der Waals surface area contributed by atoms with E-state index < -0.39 is 0 Å². The minimum atomic E-state index is 0.0983. The summed E-state index contributed by atoms with van der Waals surface area (Å²) in [6, 6.07) is 15.0. The van der Waals surface area contributed by atoms with Crippen molar-refractivity contribution in [1.29, 1.82) is 0 Å². The molecule has 0 aliphatic rings. The second kappa shape index (κ2) is 8.93. The molecule has 2 aromatic carbocycles. The molecule has 0 spiro atoms. The molecule has 3 heteroatoms. The molecule has 1 atom stereocenters. The lowest BCUT2D eigenvalue weighted by Gasteiger charge is -2.18. The van der Waals surface area contributed by atoms with Crippen molar-refractivity contribution in [2.24, 2.45) is 0 Å². The largest absolute Gasteiger partial charge is 0.349 e. The monoisotopic (exact) mass is 341 g/mol. The number of carbonyl (C=O) groups is 1. The average Bonchev–Trinajstić information content (AvgIpc) is 2.57. The highest BCUT2D eigenvalue weighted by atomic mass is 32.2. The van der Waals surface area contributed by atoms with Crippen LogP contribution in [-0.4, -0.2) is 11.7 Å². The first-order chi connectivity index (χ1) is 11.5. The van der Waals surface area contributed by atoms with Gasteiger partial charge in [-0.1, -0.05) is 42.8 Å². The summed E-state index contributed by atoms with van der Waals surface area (Å²) in [6.07, 6.45) is 1.44. The van der Waals surface area contributed by atoms with E-state index in [9.17, 15) is 4.79 Å². The van der Waals surface area contributed by atoms with E-state index in [1.807, 2.05) is 0 Å². The molecule has 2 nitrogen and oxygen atoms in total. The van der Waals surface area contributed by atoms with Gasteiger partial charge in [-0.05, 0) is 56.0 Å². The number of hydrogen-bond donors (Lipinski definition) is 1. The summed E-state index contributed by atoms with van der Waals surface area (Å²) in [5.74, 6) is 0.929. The highest BCUT2D eigenvalue weighted by Gasteiger charge is 2.13. The topological polar surface area (TPSA) is 29.1 Å². The van der Waals surface area contributed by atoms with Crippen LogP contribution in [0, 0.1) is 20.8 Å². The van der Waals surface area contributed by atoms with E-state index in [2.05, 4.69) is 75.5 Å². The fourth-order valence-corrected chi connectivity index (χ4v) is 3.42. The molecule has 1 N–H and O–H groups in total. The molecule has 0 fully saturated rings. The number of rotatable bonds is 7. The Hall–Kier alpha value is -1.74. The Balaban J connectivity index is 1.85. The van der Waals surface area contributed by atoms with Gasteiger partial charge in [-0.25, -0.2) is 0 Å². The van der Waals surface area contributed by atoms with Gasteiger partial charge in [-0.15, -0.1) is 11.8 Å². The number of amides is 1. The summed E-state index contributed by atoms with van der Waals surface area (Å²) in [5.41, 5.74) is 5.01. The van der Waals surface area contributed by atoms with Crippen molar-refractivity contribution in [2.75, 3.05) is 5.75 Å². The van der Waals surface area contributed by atoms with Crippen LogP contribution in [0.25, 0.3) is 0 Å². The predicted molar refractivity (Wildman–Crippen MR) is 104 cm³/mol. The van der Waals surface area contributed by atoms with Crippen molar-refractivity contribution in [3.63, 3.8) is 0 Å². The number of nitrogens with one attached hydrogen (secondary N) is 1. The zero-order valence-corrected chi connectivity index (χ0v) is 15.9. The standard InChI is InChI=1S/C21H27NOS/c1-5-20(18-9-8-16(3)17(4)14-18)22-21(23)12-13-24-19-10-6-15(2)7-11-19/h6-11,14,20H,5,12-13H2,1-4H3,(H,22,23)/t20-/m1/s1. The van der Waals surface area contributed by atoms with Crippen molar-refractivity contribution in [2.45, 2.75) is 51.5 Å². The minimum Gasteiger partial charge on any atom is -0.349 e. The zero-order chi connectivity index (χ0) is 17.5. The summed E-state index contributed by atoms with van der Waals surface area (Å²) in [7, 11) is 0. The van der Waals surface area contributed by atoms with E-state index in [0.29, 0.717) is 6.42 Å². The molecule has 2 rings (SSSR count). The number of benzene rings is 2. The number of hydrogen-bond acceptors (Lipinski definition) is 2. The summed E-state index contributed by atoms with van der Waals surface area (Å²) in [5, 5.41) is 3.17. The highest BCUT2D eigenvalue weighted by Crippen LogP contribution is 2.21. The summed E-state index contributed by atoms with van der Waals surface area (Å²) >= 11 is 1.73. The van der Waals surface area contributed by atoms with Gasteiger partial charge < -0.3 is 5.32 Å². The van der Waals surface area contributed by atoms with E-state index in [0.717, 1.165) is 12.2 Å². The first-order valence-corrected chi connectivity index (χ1v) is 9.54.